The van der Waals surface area contributed by atoms with Gasteiger partial charge in [0.2, 0.25) is 0 Å². The fraction of sp³-hybridized carbons (Fsp3) is 0.500. The van der Waals surface area contributed by atoms with E-state index in [1.165, 1.54) is 0 Å². The van der Waals surface area contributed by atoms with E-state index in [9.17, 15) is 5.26 Å². The van der Waals surface area contributed by atoms with Crippen LogP contribution in [0.5, 0.6) is 0 Å². The molecule has 0 amide bonds. The number of aromatic nitrogens is 2. The van der Waals surface area contributed by atoms with E-state index in [0.717, 1.165) is 31.1 Å². The maximum absolute atomic E-state index is 9.49. The summed E-state index contributed by atoms with van der Waals surface area (Å²) < 4.78 is 7.23. The lowest BCUT2D eigenvalue weighted by Gasteiger charge is -2.12. The monoisotopic (exact) mass is 539 g/mol. The minimum atomic E-state index is 0. The van der Waals surface area contributed by atoms with Gasteiger partial charge in [-0.2, -0.15) is 10.4 Å². The quantitative estimate of drug-likeness (QED) is 0.175. The molecule has 0 bridgehead atoms. The van der Waals surface area contributed by atoms with Gasteiger partial charge in [0.1, 0.15) is 17.5 Å². The zero-order chi connectivity index (χ0) is 21.8. The summed E-state index contributed by atoms with van der Waals surface area (Å²) in [6, 6.07) is 11.8. The maximum Gasteiger partial charge on any atom is 0.191 e. The minimum Gasteiger partial charge on any atom is -0.382 e. The minimum absolute atomic E-state index is 0. The number of nitrogens with zero attached hydrogens (tertiary/aromatic N) is 4. The third-order valence-corrected chi connectivity index (χ3v) is 4.59. The van der Waals surface area contributed by atoms with Gasteiger partial charge in [-0.25, -0.2) is 4.68 Å². The molecule has 4 N–H and O–H groups in total. The van der Waals surface area contributed by atoms with E-state index >= 15 is 0 Å². The first-order chi connectivity index (χ1) is 14.6. The number of nitrogens with two attached hydrogens (primary N) is 1. The number of nitrogens with one attached hydrogen (secondary N) is 2. The summed E-state index contributed by atoms with van der Waals surface area (Å²) in [5.41, 5.74) is 8.15. The number of hydrogen-bond donors (Lipinski definition) is 3. The highest BCUT2D eigenvalue weighted by Crippen LogP contribution is 2.21. The first kappa shape index (κ1) is 26.7. The summed E-state index contributed by atoms with van der Waals surface area (Å²) in [6.07, 6.45) is 2.52. The fourth-order valence-electron chi connectivity index (χ4n) is 2.89. The molecule has 1 aromatic carbocycles. The van der Waals surface area contributed by atoms with Crippen LogP contribution in [0.25, 0.3) is 5.69 Å². The third kappa shape index (κ3) is 8.75. The molecule has 31 heavy (non-hydrogen) atoms. The van der Waals surface area contributed by atoms with Crippen LogP contribution in [0.4, 0.5) is 5.82 Å². The molecule has 9 heteroatoms. The molecule has 0 aliphatic carbocycles. The van der Waals surface area contributed by atoms with Crippen LogP contribution < -0.4 is 16.4 Å². The Labute approximate surface area is 202 Å². The first-order valence-electron chi connectivity index (χ1n) is 10.4. The van der Waals surface area contributed by atoms with Crippen LogP contribution in [0.1, 0.15) is 37.9 Å². The molecule has 0 fully saturated rings. The smallest absolute Gasteiger partial charge is 0.191 e. The molecule has 0 atom stereocenters. The molecule has 0 unspecified atom stereocenters. The summed E-state index contributed by atoms with van der Waals surface area (Å²) in [6.45, 7) is 7.21. The Bertz CT molecular complexity index is 844. The standard InChI is InChI=1S/C22H33N7O.HI/c1-17(2)11-14-30-15-13-27-22(25-3)26-12-7-10-20-19(16-23)21(24)29(28-20)18-8-5-4-6-9-18;/h4-6,8-9,17H,7,10-15,24H2,1-3H3,(H2,25,26,27);1H. The van der Waals surface area contributed by atoms with Crippen LogP contribution in [0.2, 0.25) is 0 Å². The van der Waals surface area contributed by atoms with Gasteiger partial charge in [0.25, 0.3) is 0 Å². The number of aryl methyl sites for hydroxylation is 1. The molecule has 2 aromatic rings. The van der Waals surface area contributed by atoms with E-state index in [4.69, 9.17) is 10.5 Å². The Morgan fingerprint density at radius 2 is 1.94 bits per heavy atom. The SMILES string of the molecule is CN=C(NCCCc1nn(-c2ccccc2)c(N)c1C#N)NCCOCCC(C)C.I. The molecule has 8 nitrogen and oxygen atoms in total. The number of benzene rings is 1. The number of hydrogen-bond acceptors (Lipinski definition) is 5. The molecule has 0 aliphatic rings. The van der Waals surface area contributed by atoms with Crippen molar-refractivity contribution in [1.82, 2.24) is 20.4 Å². The molecule has 0 spiro atoms. The summed E-state index contributed by atoms with van der Waals surface area (Å²) >= 11 is 0. The van der Waals surface area contributed by atoms with Crippen molar-refractivity contribution in [3.63, 3.8) is 0 Å². The van der Waals surface area contributed by atoms with Crippen molar-refractivity contribution >= 4 is 35.8 Å². The zero-order valence-electron chi connectivity index (χ0n) is 18.6. The van der Waals surface area contributed by atoms with E-state index < -0.39 is 0 Å². The molecule has 0 aliphatic heterocycles. The van der Waals surface area contributed by atoms with Crippen molar-refractivity contribution in [1.29, 1.82) is 5.26 Å². The van der Waals surface area contributed by atoms with Crippen molar-refractivity contribution in [2.45, 2.75) is 33.1 Å². The van der Waals surface area contributed by atoms with E-state index in [1.807, 2.05) is 30.3 Å². The van der Waals surface area contributed by atoms with Gasteiger partial charge in [0, 0.05) is 26.7 Å². The predicted molar refractivity (Wildman–Crippen MR) is 136 cm³/mol. The molecule has 0 radical (unpaired) electrons. The van der Waals surface area contributed by atoms with Crippen LogP contribution in [0.15, 0.2) is 35.3 Å². The van der Waals surface area contributed by atoms with Crippen molar-refractivity contribution in [3.05, 3.63) is 41.6 Å². The van der Waals surface area contributed by atoms with Crippen LogP contribution in [0.3, 0.4) is 0 Å². The van der Waals surface area contributed by atoms with Gasteiger partial charge in [-0.05, 0) is 37.3 Å². The number of rotatable bonds is 11. The van der Waals surface area contributed by atoms with Crippen molar-refractivity contribution in [3.8, 4) is 11.8 Å². The van der Waals surface area contributed by atoms with Gasteiger partial charge in [-0.3, -0.25) is 4.99 Å². The van der Waals surface area contributed by atoms with Crippen LogP contribution in [-0.2, 0) is 11.2 Å². The van der Waals surface area contributed by atoms with Crippen molar-refractivity contribution in [2.24, 2.45) is 10.9 Å². The largest absolute Gasteiger partial charge is 0.382 e. The molecule has 1 aromatic heterocycles. The second kappa shape index (κ2) is 14.6. The molecular formula is C22H34IN7O. The highest BCUT2D eigenvalue weighted by molar-refractivity contribution is 14.0. The second-order valence-electron chi connectivity index (χ2n) is 7.39. The highest BCUT2D eigenvalue weighted by atomic mass is 127. The number of nitrogen functional groups attached to an aromatic ring is 1. The molecule has 170 valence electrons. The number of nitriles is 1. The maximum atomic E-state index is 9.49. The molecule has 0 saturated carbocycles. The first-order valence-corrected chi connectivity index (χ1v) is 10.4. The fourth-order valence-corrected chi connectivity index (χ4v) is 2.89. The van der Waals surface area contributed by atoms with E-state index in [0.29, 0.717) is 49.1 Å². The van der Waals surface area contributed by atoms with E-state index in [-0.39, 0.29) is 24.0 Å². The zero-order valence-corrected chi connectivity index (χ0v) is 20.9. The average molecular weight is 539 g/mol. The van der Waals surface area contributed by atoms with E-state index in [1.54, 1.807) is 11.7 Å². The number of anilines is 1. The lowest BCUT2D eigenvalue weighted by atomic mass is 10.1. The predicted octanol–water partition coefficient (Wildman–Crippen LogP) is 3.10. The Balaban J connectivity index is 0.00000480. The van der Waals surface area contributed by atoms with Crippen molar-refractivity contribution < 1.29 is 4.74 Å². The normalized spacial score (nSPS) is 11.1. The number of aliphatic imine (C=N–C) groups is 1. The lowest BCUT2D eigenvalue weighted by Crippen LogP contribution is -2.39. The average Bonchev–Trinajstić information content (AvgIpc) is 3.07. The third-order valence-electron chi connectivity index (χ3n) is 4.59. The van der Waals surface area contributed by atoms with E-state index in [2.05, 4.69) is 40.6 Å². The van der Waals surface area contributed by atoms with Gasteiger partial charge >= 0.3 is 0 Å². The highest BCUT2D eigenvalue weighted by Gasteiger charge is 2.16. The van der Waals surface area contributed by atoms with Crippen LogP contribution in [0, 0.1) is 17.2 Å². The van der Waals surface area contributed by atoms with Gasteiger partial charge in [0.05, 0.1) is 18.0 Å². The topological polar surface area (TPSA) is 113 Å². The van der Waals surface area contributed by atoms with Gasteiger partial charge in [-0.1, -0.05) is 32.0 Å². The van der Waals surface area contributed by atoms with Crippen LogP contribution in [-0.4, -0.2) is 49.1 Å². The van der Waals surface area contributed by atoms with Gasteiger partial charge < -0.3 is 21.1 Å². The van der Waals surface area contributed by atoms with Gasteiger partial charge in [0.15, 0.2) is 5.96 Å². The summed E-state index contributed by atoms with van der Waals surface area (Å²) in [5.74, 6) is 1.77. The van der Waals surface area contributed by atoms with Gasteiger partial charge in [-0.15, -0.1) is 24.0 Å². The number of guanidine groups is 1. The molecular weight excluding hydrogens is 505 g/mol. The number of halogens is 1. The summed E-state index contributed by atoms with van der Waals surface area (Å²) in [7, 11) is 1.74. The number of para-hydroxylation sites is 1. The Kier molecular flexibility index (Phi) is 12.6. The molecule has 1 heterocycles. The Morgan fingerprint density at radius 3 is 2.58 bits per heavy atom. The lowest BCUT2D eigenvalue weighted by molar-refractivity contribution is 0.128. The summed E-state index contributed by atoms with van der Waals surface area (Å²) in [5, 5.41) is 20.6. The van der Waals surface area contributed by atoms with Crippen LogP contribution >= 0.6 is 24.0 Å². The Morgan fingerprint density at radius 1 is 1.23 bits per heavy atom. The molecule has 0 saturated heterocycles. The second-order valence-corrected chi connectivity index (χ2v) is 7.39. The summed E-state index contributed by atoms with van der Waals surface area (Å²) in [4.78, 5) is 4.22. The Hall–Kier alpha value is -2.32. The van der Waals surface area contributed by atoms with Crippen molar-refractivity contribution in [2.75, 3.05) is 39.1 Å². The number of ether oxygens (including phenoxy) is 1. The molecule has 2 rings (SSSR count).